The van der Waals surface area contributed by atoms with Crippen LogP contribution in [0.3, 0.4) is 0 Å². The minimum atomic E-state index is 0.345. The summed E-state index contributed by atoms with van der Waals surface area (Å²) in [6.07, 6.45) is 1.87. The highest BCUT2D eigenvalue weighted by Gasteiger charge is 2.15. The van der Waals surface area contributed by atoms with Crippen LogP contribution < -0.4 is 10.6 Å². The molecule has 1 aromatic carbocycles. The number of pyridine rings is 1. The molecule has 2 aromatic rings. The zero-order valence-corrected chi connectivity index (χ0v) is 11.8. The van der Waals surface area contributed by atoms with E-state index >= 15 is 0 Å². The molecule has 0 saturated heterocycles. The Balaban J connectivity index is 2.30. The van der Waals surface area contributed by atoms with Crippen LogP contribution in [0.5, 0.6) is 0 Å². The van der Waals surface area contributed by atoms with Crippen molar-refractivity contribution in [1.29, 1.82) is 0 Å². The van der Waals surface area contributed by atoms with Crippen LogP contribution in [0.2, 0.25) is 0 Å². The molecule has 2 rings (SSSR count). The van der Waals surface area contributed by atoms with Crippen LogP contribution in [0.25, 0.3) is 0 Å². The first kappa shape index (κ1) is 13.4. The molecule has 0 amide bonds. The SMILES string of the molecule is Cc1cnc(N(Cc2ccccc2)C(C)C)c(N)c1. The zero-order chi connectivity index (χ0) is 13.8. The van der Waals surface area contributed by atoms with Gasteiger partial charge in [-0.25, -0.2) is 4.98 Å². The van der Waals surface area contributed by atoms with Crippen LogP contribution in [0.15, 0.2) is 42.6 Å². The van der Waals surface area contributed by atoms with Gasteiger partial charge in [0.2, 0.25) is 0 Å². The van der Waals surface area contributed by atoms with E-state index in [9.17, 15) is 0 Å². The standard InChI is InChI=1S/C16H21N3/c1-12(2)19(11-14-7-5-4-6-8-14)16-15(17)9-13(3)10-18-16/h4-10,12H,11,17H2,1-3H3. The van der Waals surface area contributed by atoms with Crippen LogP contribution in [0, 0.1) is 6.92 Å². The van der Waals surface area contributed by atoms with Crippen LogP contribution in [0.1, 0.15) is 25.0 Å². The first-order valence-corrected chi connectivity index (χ1v) is 6.60. The summed E-state index contributed by atoms with van der Waals surface area (Å²) in [5.41, 5.74) is 9.20. The smallest absolute Gasteiger partial charge is 0.152 e. The number of benzene rings is 1. The van der Waals surface area contributed by atoms with E-state index in [-0.39, 0.29) is 0 Å². The molecule has 0 spiro atoms. The van der Waals surface area contributed by atoms with Crippen molar-refractivity contribution in [3.8, 4) is 0 Å². The molecule has 0 radical (unpaired) electrons. The number of hydrogen-bond donors (Lipinski definition) is 1. The van der Waals surface area contributed by atoms with Crippen LogP contribution in [-0.2, 0) is 6.54 Å². The minimum absolute atomic E-state index is 0.345. The first-order chi connectivity index (χ1) is 9.08. The Hall–Kier alpha value is -2.03. The number of anilines is 2. The maximum Gasteiger partial charge on any atom is 0.152 e. The number of nitrogens with zero attached hydrogens (tertiary/aromatic N) is 2. The predicted octanol–water partition coefficient (Wildman–Crippen LogP) is 3.39. The fourth-order valence-electron chi connectivity index (χ4n) is 2.11. The fraction of sp³-hybridized carbons (Fsp3) is 0.312. The molecule has 0 fully saturated rings. The summed E-state index contributed by atoms with van der Waals surface area (Å²) >= 11 is 0. The number of aromatic nitrogens is 1. The fourth-order valence-corrected chi connectivity index (χ4v) is 2.11. The maximum absolute atomic E-state index is 6.11. The summed E-state index contributed by atoms with van der Waals surface area (Å²) in [6.45, 7) is 7.14. The van der Waals surface area contributed by atoms with E-state index in [1.54, 1.807) is 0 Å². The number of nitrogen functional groups attached to an aromatic ring is 1. The molecule has 0 aliphatic carbocycles. The highest BCUT2D eigenvalue weighted by atomic mass is 15.2. The van der Waals surface area contributed by atoms with E-state index in [1.807, 2.05) is 25.3 Å². The van der Waals surface area contributed by atoms with Gasteiger partial charge in [0.1, 0.15) is 0 Å². The minimum Gasteiger partial charge on any atom is -0.396 e. The van der Waals surface area contributed by atoms with E-state index in [2.05, 4.69) is 48.0 Å². The Morgan fingerprint density at radius 3 is 2.47 bits per heavy atom. The second-order valence-electron chi connectivity index (χ2n) is 5.13. The van der Waals surface area contributed by atoms with Crippen molar-refractivity contribution in [1.82, 2.24) is 4.98 Å². The Morgan fingerprint density at radius 2 is 1.89 bits per heavy atom. The van der Waals surface area contributed by atoms with Gasteiger partial charge in [-0.2, -0.15) is 0 Å². The lowest BCUT2D eigenvalue weighted by Crippen LogP contribution is -2.31. The van der Waals surface area contributed by atoms with Gasteiger partial charge < -0.3 is 10.6 Å². The van der Waals surface area contributed by atoms with Gasteiger partial charge in [-0.3, -0.25) is 0 Å². The largest absolute Gasteiger partial charge is 0.396 e. The van der Waals surface area contributed by atoms with Gasteiger partial charge in [0.05, 0.1) is 5.69 Å². The Kier molecular flexibility index (Phi) is 4.05. The lowest BCUT2D eigenvalue weighted by atomic mass is 10.1. The lowest BCUT2D eigenvalue weighted by Gasteiger charge is -2.29. The molecule has 3 heteroatoms. The van der Waals surface area contributed by atoms with Gasteiger partial charge in [0.15, 0.2) is 5.82 Å². The average Bonchev–Trinajstić information content (AvgIpc) is 2.38. The third kappa shape index (κ3) is 3.25. The molecule has 2 N–H and O–H groups in total. The van der Waals surface area contributed by atoms with Crippen molar-refractivity contribution in [2.75, 3.05) is 10.6 Å². The molecule has 19 heavy (non-hydrogen) atoms. The van der Waals surface area contributed by atoms with Gasteiger partial charge in [-0.15, -0.1) is 0 Å². The summed E-state index contributed by atoms with van der Waals surface area (Å²) in [5, 5.41) is 0. The van der Waals surface area contributed by atoms with E-state index in [0.29, 0.717) is 6.04 Å². The Labute approximate surface area is 115 Å². The molecule has 0 aliphatic rings. The summed E-state index contributed by atoms with van der Waals surface area (Å²) in [4.78, 5) is 6.72. The van der Waals surface area contributed by atoms with Gasteiger partial charge in [-0.1, -0.05) is 30.3 Å². The van der Waals surface area contributed by atoms with Crippen molar-refractivity contribution in [3.05, 3.63) is 53.7 Å². The zero-order valence-electron chi connectivity index (χ0n) is 11.8. The van der Waals surface area contributed by atoms with Gasteiger partial charge >= 0.3 is 0 Å². The van der Waals surface area contributed by atoms with E-state index in [1.165, 1.54) is 5.56 Å². The van der Waals surface area contributed by atoms with Crippen molar-refractivity contribution in [3.63, 3.8) is 0 Å². The normalized spacial score (nSPS) is 10.7. The molecular weight excluding hydrogens is 234 g/mol. The van der Waals surface area contributed by atoms with Crippen LogP contribution in [-0.4, -0.2) is 11.0 Å². The molecule has 100 valence electrons. The van der Waals surface area contributed by atoms with E-state index in [0.717, 1.165) is 23.6 Å². The highest BCUT2D eigenvalue weighted by Crippen LogP contribution is 2.24. The number of aryl methyl sites for hydroxylation is 1. The van der Waals surface area contributed by atoms with Crippen LogP contribution >= 0.6 is 0 Å². The van der Waals surface area contributed by atoms with Crippen molar-refractivity contribution >= 4 is 11.5 Å². The quantitative estimate of drug-likeness (QED) is 0.910. The average molecular weight is 255 g/mol. The monoisotopic (exact) mass is 255 g/mol. The molecule has 0 unspecified atom stereocenters. The molecule has 1 aromatic heterocycles. The predicted molar refractivity (Wildman–Crippen MR) is 81.1 cm³/mol. The number of hydrogen-bond acceptors (Lipinski definition) is 3. The summed E-state index contributed by atoms with van der Waals surface area (Å²) in [5.74, 6) is 0.865. The first-order valence-electron chi connectivity index (χ1n) is 6.60. The Bertz CT molecular complexity index is 535. The molecule has 1 heterocycles. The molecular formula is C16H21N3. The van der Waals surface area contributed by atoms with Gasteiger partial charge in [-0.05, 0) is 38.0 Å². The second kappa shape index (κ2) is 5.74. The van der Waals surface area contributed by atoms with Crippen molar-refractivity contribution in [2.24, 2.45) is 0 Å². The van der Waals surface area contributed by atoms with E-state index in [4.69, 9.17) is 5.73 Å². The third-order valence-electron chi connectivity index (χ3n) is 3.12. The lowest BCUT2D eigenvalue weighted by molar-refractivity contribution is 0.673. The second-order valence-corrected chi connectivity index (χ2v) is 5.13. The third-order valence-corrected chi connectivity index (χ3v) is 3.12. The summed E-state index contributed by atoms with van der Waals surface area (Å²) in [6, 6.07) is 12.7. The molecule has 0 saturated carbocycles. The molecule has 3 nitrogen and oxygen atoms in total. The van der Waals surface area contributed by atoms with Crippen LogP contribution in [0.4, 0.5) is 11.5 Å². The topological polar surface area (TPSA) is 42.2 Å². The Morgan fingerprint density at radius 1 is 1.21 bits per heavy atom. The van der Waals surface area contributed by atoms with Gasteiger partial charge in [0.25, 0.3) is 0 Å². The summed E-state index contributed by atoms with van der Waals surface area (Å²) in [7, 11) is 0. The van der Waals surface area contributed by atoms with Crippen molar-refractivity contribution < 1.29 is 0 Å². The van der Waals surface area contributed by atoms with Crippen molar-refractivity contribution in [2.45, 2.75) is 33.4 Å². The maximum atomic E-state index is 6.11. The van der Waals surface area contributed by atoms with Gasteiger partial charge in [0, 0.05) is 18.8 Å². The molecule has 0 bridgehead atoms. The highest BCUT2D eigenvalue weighted by molar-refractivity contribution is 5.63. The molecule has 0 atom stereocenters. The number of rotatable bonds is 4. The molecule has 0 aliphatic heterocycles. The summed E-state index contributed by atoms with van der Waals surface area (Å²) < 4.78 is 0. The van der Waals surface area contributed by atoms with E-state index < -0.39 is 0 Å². The number of nitrogens with two attached hydrogens (primary N) is 1.